The van der Waals surface area contributed by atoms with Crippen molar-refractivity contribution in [3.05, 3.63) is 0 Å². The summed E-state index contributed by atoms with van der Waals surface area (Å²) in [5.41, 5.74) is 0. The van der Waals surface area contributed by atoms with E-state index in [9.17, 15) is 19.2 Å². The molecule has 0 aromatic carbocycles. The van der Waals surface area contributed by atoms with Crippen LogP contribution in [0.3, 0.4) is 0 Å². The molecule has 0 aromatic heterocycles. The summed E-state index contributed by atoms with van der Waals surface area (Å²) in [5.74, 6) is -0.368. The molecule has 0 bridgehead atoms. The second-order valence-electron chi connectivity index (χ2n) is 10.3. The number of nitrogens with one attached hydrogen (secondary N) is 4. The van der Waals surface area contributed by atoms with Gasteiger partial charge in [0.1, 0.15) is 12.1 Å². The fourth-order valence-corrected chi connectivity index (χ4v) is 3.98. The molecular weight excluding hydrogens is 488 g/mol. The second kappa shape index (κ2) is 22.5. The Bertz CT molecular complexity index is 616. The molecule has 0 heterocycles. The minimum atomic E-state index is -0.587. The first-order chi connectivity index (χ1) is 18.1. The summed E-state index contributed by atoms with van der Waals surface area (Å²) in [5, 5.41) is 11.1. The minimum absolute atomic E-state index is 0.0181. The molecule has 0 rings (SSSR count). The summed E-state index contributed by atoms with van der Waals surface area (Å²) in [6, 6.07) is -1.17. The Hall–Kier alpha value is -2.52. The minimum Gasteiger partial charge on any atom is -0.450 e. The van der Waals surface area contributed by atoms with E-state index in [1.807, 2.05) is 27.7 Å². The van der Waals surface area contributed by atoms with Gasteiger partial charge in [-0.1, -0.05) is 79.1 Å². The van der Waals surface area contributed by atoms with Crippen LogP contribution in [0.4, 0.5) is 9.59 Å². The molecule has 0 aliphatic carbocycles. The molecule has 0 spiro atoms. The van der Waals surface area contributed by atoms with E-state index in [0.717, 1.165) is 38.5 Å². The summed E-state index contributed by atoms with van der Waals surface area (Å²) in [6.07, 6.45) is 9.95. The average Bonchev–Trinajstić information content (AvgIpc) is 2.85. The standard InChI is InChI=1S/C28H54N4O6/c1-7-37-27(35)31-23(21(3)4)25(33)29-19-17-15-13-11-9-10-12-14-16-18-20-30-26(34)24(22(5)6)32-28(36)38-8-2/h21-24H,7-20H2,1-6H3,(H,29,33)(H,30,34)(H,31,35)(H,32,36)/t23-,24-/m0/s1. The monoisotopic (exact) mass is 542 g/mol. The first kappa shape index (κ1) is 35.5. The number of rotatable bonds is 21. The molecule has 0 unspecified atom stereocenters. The van der Waals surface area contributed by atoms with Gasteiger partial charge in [-0.25, -0.2) is 9.59 Å². The number of alkyl carbamates (subject to hydrolysis) is 2. The average molecular weight is 543 g/mol. The molecule has 4 N–H and O–H groups in total. The van der Waals surface area contributed by atoms with Crippen molar-refractivity contribution >= 4 is 24.0 Å². The highest BCUT2D eigenvalue weighted by Gasteiger charge is 2.25. The molecule has 0 saturated carbocycles. The van der Waals surface area contributed by atoms with Gasteiger partial charge in [0.25, 0.3) is 0 Å². The Kier molecular flexibility index (Phi) is 21.0. The van der Waals surface area contributed by atoms with Crippen LogP contribution in [0.1, 0.15) is 106 Å². The Morgan fingerprint density at radius 2 is 0.816 bits per heavy atom. The molecule has 222 valence electrons. The van der Waals surface area contributed by atoms with Gasteiger partial charge >= 0.3 is 12.2 Å². The van der Waals surface area contributed by atoms with Gasteiger partial charge in [-0.2, -0.15) is 0 Å². The third kappa shape index (κ3) is 17.9. The number of ether oxygens (including phenoxy) is 2. The number of hydrogen-bond donors (Lipinski definition) is 4. The maximum atomic E-state index is 12.4. The lowest BCUT2D eigenvalue weighted by atomic mass is 10.0. The maximum Gasteiger partial charge on any atom is 0.407 e. The van der Waals surface area contributed by atoms with Crippen molar-refractivity contribution in [3.8, 4) is 0 Å². The Morgan fingerprint density at radius 1 is 0.526 bits per heavy atom. The zero-order chi connectivity index (χ0) is 28.8. The summed E-state index contributed by atoms with van der Waals surface area (Å²) >= 11 is 0. The van der Waals surface area contributed by atoms with Crippen LogP contribution in [-0.2, 0) is 19.1 Å². The first-order valence-corrected chi connectivity index (χ1v) is 14.6. The third-order valence-electron chi connectivity index (χ3n) is 6.20. The molecule has 38 heavy (non-hydrogen) atoms. The smallest absolute Gasteiger partial charge is 0.407 e. The first-order valence-electron chi connectivity index (χ1n) is 14.6. The Morgan fingerprint density at radius 3 is 1.08 bits per heavy atom. The summed E-state index contributed by atoms with van der Waals surface area (Å²) in [7, 11) is 0. The number of amides is 4. The van der Waals surface area contributed by atoms with Crippen molar-refractivity contribution in [1.82, 2.24) is 21.3 Å². The molecule has 4 amide bonds. The van der Waals surface area contributed by atoms with E-state index < -0.39 is 24.3 Å². The molecule has 0 saturated heterocycles. The summed E-state index contributed by atoms with van der Waals surface area (Å²) < 4.78 is 9.75. The fraction of sp³-hybridized carbons (Fsp3) is 0.857. The largest absolute Gasteiger partial charge is 0.450 e. The molecule has 10 nitrogen and oxygen atoms in total. The second-order valence-corrected chi connectivity index (χ2v) is 10.3. The predicted molar refractivity (Wildman–Crippen MR) is 150 cm³/mol. The van der Waals surface area contributed by atoms with E-state index in [1.54, 1.807) is 13.8 Å². The summed E-state index contributed by atoms with van der Waals surface area (Å²) in [4.78, 5) is 48.0. The van der Waals surface area contributed by atoms with Crippen LogP contribution < -0.4 is 21.3 Å². The van der Waals surface area contributed by atoms with Gasteiger partial charge in [0.2, 0.25) is 11.8 Å². The topological polar surface area (TPSA) is 135 Å². The van der Waals surface area contributed by atoms with Gasteiger partial charge in [0.05, 0.1) is 13.2 Å². The van der Waals surface area contributed by atoms with Crippen molar-refractivity contribution in [2.45, 2.75) is 118 Å². The van der Waals surface area contributed by atoms with Gasteiger partial charge in [-0.05, 0) is 38.5 Å². The zero-order valence-electron chi connectivity index (χ0n) is 24.7. The van der Waals surface area contributed by atoms with E-state index in [2.05, 4.69) is 21.3 Å². The SMILES string of the molecule is CCOC(=O)N[C@H](C(=O)NCCCCCCCCCCCCNC(=O)[C@@H](NC(=O)OCC)C(C)C)C(C)C. The molecule has 2 atom stereocenters. The van der Waals surface area contributed by atoms with Crippen molar-refractivity contribution in [2.24, 2.45) is 11.8 Å². The lowest BCUT2D eigenvalue weighted by molar-refractivity contribution is -0.124. The predicted octanol–water partition coefficient (Wildman–Crippen LogP) is 4.66. The van der Waals surface area contributed by atoms with Crippen LogP contribution in [0, 0.1) is 11.8 Å². The molecule has 0 fully saturated rings. The van der Waals surface area contributed by atoms with Crippen LogP contribution >= 0.6 is 0 Å². The van der Waals surface area contributed by atoms with Crippen LogP contribution in [-0.4, -0.2) is 62.4 Å². The van der Waals surface area contributed by atoms with Gasteiger partial charge < -0.3 is 30.7 Å². The van der Waals surface area contributed by atoms with Crippen LogP contribution in [0.5, 0.6) is 0 Å². The lowest BCUT2D eigenvalue weighted by Crippen LogP contribution is -2.50. The van der Waals surface area contributed by atoms with Crippen molar-refractivity contribution < 1.29 is 28.7 Å². The van der Waals surface area contributed by atoms with E-state index in [4.69, 9.17) is 9.47 Å². The molecule has 0 radical (unpaired) electrons. The van der Waals surface area contributed by atoms with Gasteiger partial charge in [0, 0.05) is 13.1 Å². The van der Waals surface area contributed by atoms with E-state index in [1.165, 1.54) is 25.7 Å². The maximum absolute atomic E-state index is 12.4. The van der Waals surface area contributed by atoms with Crippen molar-refractivity contribution in [1.29, 1.82) is 0 Å². The van der Waals surface area contributed by atoms with Crippen LogP contribution in [0.2, 0.25) is 0 Å². The molecular formula is C28H54N4O6. The van der Waals surface area contributed by atoms with Crippen molar-refractivity contribution in [3.63, 3.8) is 0 Å². The molecule has 0 aliphatic rings. The van der Waals surface area contributed by atoms with E-state index in [0.29, 0.717) is 13.1 Å². The Balaban J connectivity index is 3.75. The third-order valence-corrected chi connectivity index (χ3v) is 6.20. The number of carbonyl (C=O) groups is 4. The fourth-order valence-electron chi connectivity index (χ4n) is 3.98. The van der Waals surface area contributed by atoms with Gasteiger partial charge in [0.15, 0.2) is 0 Å². The molecule has 0 aliphatic heterocycles. The Labute approximate surface area is 230 Å². The number of carbonyl (C=O) groups excluding carboxylic acids is 4. The van der Waals surface area contributed by atoms with Crippen molar-refractivity contribution in [2.75, 3.05) is 26.3 Å². The van der Waals surface area contributed by atoms with Crippen LogP contribution in [0.15, 0.2) is 0 Å². The lowest BCUT2D eigenvalue weighted by Gasteiger charge is -2.21. The summed E-state index contributed by atoms with van der Waals surface area (Å²) in [6.45, 7) is 12.8. The highest BCUT2D eigenvalue weighted by molar-refractivity contribution is 5.86. The highest BCUT2D eigenvalue weighted by Crippen LogP contribution is 2.11. The highest BCUT2D eigenvalue weighted by atomic mass is 16.6. The van der Waals surface area contributed by atoms with E-state index in [-0.39, 0.29) is 36.9 Å². The van der Waals surface area contributed by atoms with Gasteiger partial charge in [-0.15, -0.1) is 0 Å². The van der Waals surface area contributed by atoms with E-state index >= 15 is 0 Å². The number of unbranched alkanes of at least 4 members (excludes halogenated alkanes) is 9. The normalized spacial score (nSPS) is 12.5. The van der Waals surface area contributed by atoms with Gasteiger partial charge in [-0.3, -0.25) is 9.59 Å². The van der Waals surface area contributed by atoms with Crippen LogP contribution in [0.25, 0.3) is 0 Å². The molecule has 10 heteroatoms. The quantitative estimate of drug-likeness (QED) is 0.156. The zero-order valence-corrected chi connectivity index (χ0v) is 24.7. The molecule has 0 aromatic rings. The number of hydrogen-bond acceptors (Lipinski definition) is 6.